The predicted octanol–water partition coefficient (Wildman–Crippen LogP) is 4.34. The van der Waals surface area contributed by atoms with E-state index in [1.165, 1.54) is 0 Å². The zero-order valence-corrected chi connectivity index (χ0v) is 20.5. The average molecular weight is 542 g/mol. The third-order valence-corrected chi connectivity index (χ3v) is 5.04. The van der Waals surface area contributed by atoms with Gasteiger partial charge in [-0.3, -0.25) is 0 Å². The van der Waals surface area contributed by atoms with Crippen molar-refractivity contribution in [3.05, 3.63) is 53.2 Å². The zero-order chi connectivity index (χ0) is 20.5. The van der Waals surface area contributed by atoms with E-state index in [0.29, 0.717) is 12.4 Å². The first-order valence-electron chi connectivity index (χ1n) is 9.44. The maximum atomic E-state index is 5.55. The summed E-state index contributed by atoms with van der Waals surface area (Å²) in [6.07, 6.45) is 2.49. The summed E-state index contributed by atoms with van der Waals surface area (Å²) in [6, 6.07) is 9.92. The highest BCUT2D eigenvalue weighted by molar-refractivity contribution is 14.0. The molecule has 0 fully saturated rings. The van der Waals surface area contributed by atoms with Gasteiger partial charge in [0, 0.05) is 13.1 Å². The van der Waals surface area contributed by atoms with E-state index in [1.54, 1.807) is 31.8 Å². The maximum absolute atomic E-state index is 5.55. The lowest BCUT2D eigenvalue weighted by Gasteiger charge is -2.12. The minimum Gasteiger partial charge on any atom is -0.493 e. The fourth-order valence-corrected chi connectivity index (χ4v) is 3.41. The molecule has 0 aliphatic rings. The first-order chi connectivity index (χ1) is 14.2. The molecule has 0 atom stereocenters. The van der Waals surface area contributed by atoms with Crippen molar-refractivity contribution in [1.82, 2.24) is 15.6 Å². The van der Waals surface area contributed by atoms with Gasteiger partial charge in [-0.25, -0.2) is 9.98 Å². The highest BCUT2D eigenvalue weighted by atomic mass is 127. The summed E-state index contributed by atoms with van der Waals surface area (Å²) in [6.45, 7) is 4.00. The lowest BCUT2D eigenvalue weighted by molar-refractivity contribution is 0.354. The van der Waals surface area contributed by atoms with Crippen LogP contribution < -0.4 is 20.1 Å². The van der Waals surface area contributed by atoms with Crippen LogP contribution in [0.2, 0.25) is 0 Å². The average Bonchev–Trinajstić information content (AvgIpc) is 3.43. The number of aliphatic imine (C=N–C) groups is 1. The minimum absolute atomic E-state index is 0. The second kappa shape index (κ2) is 12.4. The summed E-state index contributed by atoms with van der Waals surface area (Å²) in [5.41, 5.74) is 1.95. The molecule has 0 saturated heterocycles. The van der Waals surface area contributed by atoms with Crippen molar-refractivity contribution in [2.45, 2.75) is 19.9 Å². The number of guanidine groups is 1. The number of aromatic nitrogens is 1. The Hall–Kier alpha value is -2.27. The molecule has 2 N–H and O–H groups in total. The molecule has 0 aliphatic carbocycles. The van der Waals surface area contributed by atoms with Crippen LogP contribution in [0.5, 0.6) is 11.5 Å². The summed E-state index contributed by atoms with van der Waals surface area (Å²) in [7, 11) is 3.28. The molecular weight excluding hydrogens is 515 g/mol. The molecule has 9 heteroatoms. The normalized spacial score (nSPS) is 11.0. The van der Waals surface area contributed by atoms with Gasteiger partial charge in [0.1, 0.15) is 12.0 Å². The summed E-state index contributed by atoms with van der Waals surface area (Å²) in [5.74, 6) is 2.84. The molecule has 30 heavy (non-hydrogen) atoms. The van der Waals surface area contributed by atoms with Gasteiger partial charge in [0.15, 0.2) is 17.5 Å². The fourth-order valence-electron chi connectivity index (χ4n) is 2.76. The number of hydrogen-bond donors (Lipinski definition) is 2. The van der Waals surface area contributed by atoms with E-state index in [4.69, 9.17) is 13.9 Å². The van der Waals surface area contributed by atoms with Crippen molar-refractivity contribution in [1.29, 1.82) is 0 Å². The largest absolute Gasteiger partial charge is 0.493 e. The van der Waals surface area contributed by atoms with Crippen LogP contribution in [0.4, 0.5) is 0 Å². The van der Waals surface area contributed by atoms with Crippen molar-refractivity contribution >= 4 is 41.3 Å². The third-order valence-electron chi connectivity index (χ3n) is 4.18. The second-order valence-electron chi connectivity index (χ2n) is 6.18. The van der Waals surface area contributed by atoms with Crippen LogP contribution in [0.15, 0.2) is 51.4 Å². The zero-order valence-electron chi connectivity index (χ0n) is 17.3. The number of ether oxygens (including phenoxy) is 2. The van der Waals surface area contributed by atoms with Crippen LogP contribution in [0.3, 0.4) is 0 Å². The van der Waals surface area contributed by atoms with Crippen LogP contribution >= 0.6 is 35.3 Å². The van der Waals surface area contributed by atoms with Gasteiger partial charge in [0.2, 0.25) is 5.89 Å². The van der Waals surface area contributed by atoms with Crippen LogP contribution in [0.1, 0.15) is 18.2 Å². The number of oxazole rings is 1. The van der Waals surface area contributed by atoms with Gasteiger partial charge >= 0.3 is 0 Å². The highest BCUT2D eigenvalue weighted by Crippen LogP contribution is 2.27. The van der Waals surface area contributed by atoms with Crippen LogP contribution in [0, 0.1) is 0 Å². The predicted molar refractivity (Wildman–Crippen MR) is 131 cm³/mol. The molecule has 0 radical (unpaired) electrons. The Balaban J connectivity index is 0.00000320. The van der Waals surface area contributed by atoms with E-state index >= 15 is 0 Å². The topological polar surface area (TPSA) is 80.9 Å². The summed E-state index contributed by atoms with van der Waals surface area (Å²) in [5, 5.41) is 8.61. The van der Waals surface area contributed by atoms with E-state index in [2.05, 4.69) is 20.6 Å². The Bertz CT molecular complexity index is 928. The molecule has 3 aromatic rings. The molecule has 0 amide bonds. The van der Waals surface area contributed by atoms with Gasteiger partial charge in [-0.2, -0.15) is 0 Å². The molecule has 0 spiro atoms. The number of hydrogen-bond acceptors (Lipinski definition) is 6. The standard InChI is InChI=1S/C21H26N4O3S.HI/c1-4-22-21(23-10-9-15-7-8-17(26-2)18(12-15)27-3)24-13-16-14-28-20(25-16)19-6-5-11-29-19;/h5-8,11-12,14H,4,9-10,13H2,1-3H3,(H2,22,23,24);1H. The number of thiophene rings is 1. The second-order valence-corrected chi connectivity index (χ2v) is 7.13. The summed E-state index contributed by atoms with van der Waals surface area (Å²) in [4.78, 5) is 10.1. The van der Waals surface area contributed by atoms with Gasteiger partial charge in [-0.05, 0) is 42.5 Å². The van der Waals surface area contributed by atoms with Crippen molar-refractivity contribution in [3.63, 3.8) is 0 Å². The number of halogens is 1. The Morgan fingerprint density at radius 3 is 2.70 bits per heavy atom. The number of nitrogens with one attached hydrogen (secondary N) is 2. The van der Waals surface area contributed by atoms with Gasteiger partial charge in [0.05, 0.1) is 25.6 Å². The number of methoxy groups -OCH3 is 2. The Labute approximate surface area is 197 Å². The Kier molecular flexibility index (Phi) is 9.95. The Morgan fingerprint density at radius 1 is 1.17 bits per heavy atom. The molecule has 3 rings (SSSR count). The quantitative estimate of drug-likeness (QED) is 0.238. The summed E-state index contributed by atoms with van der Waals surface area (Å²) >= 11 is 1.60. The van der Waals surface area contributed by atoms with E-state index in [-0.39, 0.29) is 24.0 Å². The van der Waals surface area contributed by atoms with Gasteiger partial charge in [-0.1, -0.05) is 12.1 Å². The molecule has 2 aromatic heterocycles. The number of benzene rings is 1. The maximum Gasteiger partial charge on any atom is 0.236 e. The Morgan fingerprint density at radius 2 is 2.00 bits per heavy atom. The molecule has 0 aliphatic heterocycles. The first kappa shape index (κ1) is 24.0. The van der Waals surface area contributed by atoms with E-state index in [1.807, 2.05) is 42.6 Å². The first-order valence-corrected chi connectivity index (χ1v) is 10.3. The minimum atomic E-state index is 0. The van der Waals surface area contributed by atoms with Crippen molar-refractivity contribution < 1.29 is 13.9 Å². The highest BCUT2D eigenvalue weighted by Gasteiger charge is 2.08. The number of rotatable bonds is 9. The van der Waals surface area contributed by atoms with E-state index in [9.17, 15) is 0 Å². The lowest BCUT2D eigenvalue weighted by atomic mass is 10.1. The lowest BCUT2D eigenvalue weighted by Crippen LogP contribution is -2.38. The fraction of sp³-hybridized carbons (Fsp3) is 0.333. The molecule has 2 heterocycles. The molecule has 0 bridgehead atoms. The third kappa shape index (κ3) is 6.63. The van der Waals surface area contributed by atoms with Crippen molar-refractivity contribution in [2.75, 3.05) is 27.3 Å². The van der Waals surface area contributed by atoms with E-state index < -0.39 is 0 Å². The van der Waals surface area contributed by atoms with Crippen LogP contribution in [-0.4, -0.2) is 38.3 Å². The van der Waals surface area contributed by atoms with Crippen LogP contribution in [-0.2, 0) is 13.0 Å². The molecule has 0 saturated carbocycles. The molecule has 7 nitrogen and oxygen atoms in total. The molecule has 1 aromatic carbocycles. The van der Waals surface area contributed by atoms with Gasteiger partial charge in [-0.15, -0.1) is 35.3 Å². The van der Waals surface area contributed by atoms with E-state index in [0.717, 1.165) is 53.1 Å². The monoisotopic (exact) mass is 542 g/mol. The molecule has 0 unspecified atom stereocenters. The van der Waals surface area contributed by atoms with Crippen LogP contribution in [0.25, 0.3) is 10.8 Å². The van der Waals surface area contributed by atoms with Gasteiger partial charge in [0.25, 0.3) is 0 Å². The smallest absolute Gasteiger partial charge is 0.236 e. The van der Waals surface area contributed by atoms with Gasteiger partial charge < -0.3 is 24.5 Å². The molecular formula is C21H27IN4O3S. The van der Waals surface area contributed by atoms with Crippen molar-refractivity contribution in [3.8, 4) is 22.3 Å². The SMILES string of the molecule is CCNC(=NCc1coc(-c2cccs2)n1)NCCc1ccc(OC)c(OC)c1.I. The van der Waals surface area contributed by atoms with Crippen molar-refractivity contribution in [2.24, 2.45) is 4.99 Å². The summed E-state index contributed by atoms with van der Waals surface area (Å²) < 4.78 is 16.2. The molecule has 162 valence electrons. The number of nitrogens with zero attached hydrogens (tertiary/aromatic N) is 2.